The fraction of sp³-hybridized carbons (Fsp3) is 1.00. The van der Waals surface area contributed by atoms with Crippen LogP contribution in [0.2, 0.25) is 0 Å². The van der Waals surface area contributed by atoms with Crippen molar-refractivity contribution in [1.29, 1.82) is 0 Å². The SMILES string of the molecule is SC1CCCC12CCC2. The Bertz CT molecular complexity index is 116. The second-order valence-electron chi connectivity index (χ2n) is 3.62. The van der Waals surface area contributed by atoms with Crippen LogP contribution in [0, 0.1) is 5.41 Å². The van der Waals surface area contributed by atoms with E-state index in [4.69, 9.17) is 0 Å². The second kappa shape index (κ2) is 1.91. The predicted octanol–water partition coefficient (Wildman–Crippen LogP) is 2.64. The van der Waals surface area contributed by atoms with Crippen molar-refractivity contribution in [2.24, 2.45) is 5.41 Å². The lowest BCUT2D eigenvalue weighted by molar-refractivity contribution is 0.151. The van der Waals surface area contributed by atoms with E-state index in [0.29, 0.717) is 0 Å². The molecular formula is C8H14S. The van der Waals surface area contributed by atoms with E-state index in [9.17, 15) is 0 Å². The van der Waals surface area contributed by atoms with Crippen LogP contribution in [0.4, 0.5) is 0 Å². The fourth-order valence-electron chi connectivity index (χ4n) is 2.33. The third kappa shape index (κ3) is 0.739. The largest absolute Gasteiger partial charge is 0.175 e. The van der Waals surface area contributed by atoms with Gasteiger partial charge in [0, 0.05) is 5.25 Å². The molecule has 0 bridgehead atoms. The maximum Gasteiger partial charge on any atom is 0.00732 e. The smallest absolute Gasteiger partial charge is 0.00732 e. The van der Waals surface area contributed by atoms with Crippen molar-refractivity contribution in [3.8, 4) is 0 Å². The molecule has 2 aliphatic carbocycles. The minimum Gasteiger partial charge on any atom is -0.175 e. The normalized spacial score (nSPS) is 39.0. The van der Waals surface area contributed by atoms with Crippen LogP contribution in [0.25, 0.3) is 0 Å². The summed E-state index contributed by atoms with van der Waals surface area (Å²) in [5.41, 5.74) is 0.739. The third-order valence-electron chi connectivity index (χ3n) is 3.21. The van der Waals surface area contributed by atoms with Gasteiger partial charge in [0.05, 0.1) is 0 Å². The van der Waals surface area contributed by atoms with Gasteiger partial charge < -0.3 is 0 Å². The Kier molecular flexibility index (Phi) is 1.29. The molecule has 0 heterocycles. The molecule has 1 unspecified atom stereocenters. The predicted molar refractivity (Wildman–Crippen MR) is 42.9 cm³/mol. The highest BCUT2D eigenvalue weighted by atomic mass is 32.1. The molecule has 0 aromatic carbocycles. The van der Waals surface area contributed by atoms with Gasteiger partial charge in [0.25, 0.3) is 0 Å². The van der Waals surface area contributed by atoms with Crippen molar-refractivity contribution in [3.63, 3.8) is 0 Å². The molecule has 52 valence electrons. The Morgan fingerprint density at radius 1 is 1.11 bits per heavy atom. The molecule has 0 aliphatic heterocycles. The molecule has 1 spiro atoms. The van der Waals surface area contributed by atoms with Gasteiger partial charge in [0.15, 0.2) is 0 Å². The van der Waals surface area contributed by atoms with Crippen molar-refractivity contribution >= 4 is 12.6 Å². The van der Waals surface area contributed by atoms with Crippen LogP contribution in [-0.2, 0) is 0 Å². The molecule has 0 amide bonds. The van der Waals surface area contributed by atoms with Crippen molar-refractivity contribution in [2.45, 2.75) is 43.8 Å². The summed E-state index contributed by atoms with van der Waals surface area (Å²) in [6.07, 6.45) is 8.71. The van der Waals surface area contributed by atoms with E-state index < -0.39 is 0 Å². The van der Waals surface area contributed by atoms with Crippen molar-refractivity contribution < 1.29 is 0 Å². The summed E-state index contributed by atoms with van der Waals surface area (Å²) in [5, 5.41) is 0.756. The summed E-state index contributed by atoms with van der Waals surface area (Å²) in [4.78, 5) is 0. The molecule has 0 saturated heterocycles. The Labute approximate surface area is 62.4 Å². The number of hydrogen-bond donors (Lipinski definition) is 1. The summed E-state index contributed by atoms with van der Waals surface area (Å²) in [7, 11) is 0. The van der Waals surface area contributed by atoms with Gasteiger partial charge in [-0.25, -0.2) is 0 Å². The Morgan fingerprint density at radius 2 is 1.78 bits per heavy atom. The van der Waals surface area contributed by atoms with Gasteiger partial charge in [0.1, 0.15) is 0 Å². The maximum absolute atomic E-state index is 4.60. The summed E-state index contributed by atoms with van der Waals surface area (Å²) in [6.45, 7) is 0. The standard InChI is InChI=1S/C8H14S/c9-7-3-1-4-8(7)5-2-6-8/h7,9H,1-6H2. The van der Waals surface area contributed by atoms with Gasteiger partial charge in [-0.3, -0.25) is 0 Å². The number of thiol groups is 1. The zero-order valence-electron chi connectivity index (χ0n) is 5.77. The second-order valence-corrected chi connectivity index (χ2v) is 4.25. The zero-order chi connectivity index (χ0) is 6.32. The molecule has 0 radical (unpaired) electrons. The van der Waals surface area contributed by atoms with Crippen LogP contribution < -0.4 is 0 Å². The summed E-state index contributed by atoms with van der Waals surface area (Å²) >= 11 is 4.60. The van der Waals surface area contributed by atoms with Crippen LogP contribution in [0.5, 0.6) is 0 Å². The molecule has 2 aliphatic rings. The maximum atomic E-state index is 4.60. The summed E-state index contributed by atoms with van der Waals surface area (Å²) in [5.74, 6) is 0. The van der Waals surface area contributed by atoms with E-state index in [1.807, 2.05) is 0 Å². The lowest BCUT2D eigenvalue weighted by atomic mass is 9.67. The molecule has 1 heteroatoms. The van der Waals surface area contributed by atoms with E-state index >= 15 is 0 Å². The first-order valence-electron chi connectivity index (χ1n) is 4.02. The summed E-state index contributed by atoms with van der Waals surface area (Å²) in [6, 6.07) is 0. The lowest BCUT2D eigenvalue weighted by Crippen LogP contribution is -2.33. The van der Waals surface area contributed by atoms with Crippen LogP contribution in [0.15, 0.2) is 0 Å². The van der Waals surface area contributed by atoms with E-state index in [0.717, 1.165) is 10.7 Å². The van der Waals surface area contributed by atoms with Gasteiger partial charge >= 0.3 is 0 Å². The lowest BCUT2D eigenvalue weighted by Gasteiger charge is -2.41. The topological polar surface area (TPSA) is 0 Å². The Balaban J connectivity index is 2.09. The van der Waals surface area contributed by atoms with Gasteiger partial charge in [-0.05, 0) is 31.1 Å². The molecule has 0 aromatic rings. The monoisotopic (exact) mass is 142 g/mol. The highest BCUT2D eigenvalue weighted by molar-refractivity contribution is 7.81. The quantitative estimate of drug-likeness (QED) is 0.494. The minimum absolute atomic E-state index is 0.739. The third-order valence-corrected chi connectivity index (χ3v) is 4.01. The van der Waals surface area contributed by atoms with Crippen molar-refractivity contribution in [1.82, 2.24) is 0 Å². The van der Waals surface area contributed by atoms with Gasteiger partial charge in [-0.15, -0.1) is 0 Å². The summed E-state index contributed by atoms with van der Waals surface area (Å²) < 4.78 is 0. The molecule has 2 fully saturated rings. The first-order valence-corrected chi connectivity index (χ1v) is 4.53. The zero-order valence-corrected chi connectivity index (χ0v) is 6.66. The first-order chi connectivity index (χ1) is 4.33. The molecule has 2 rings (SSSR count). The molecule has 1 atom stereocenters. The molecule has 0 N–H and O–H groups in total. The highest BCUT2D eigenvalue weighted by Crippen LogP contribution is 2.55. The Morgan fingerprint density at radius 3 is 2.00 bits per heavy atom. The average molecular weight is 142 g/mol. The van der Waals surface area contributed by atoms with E-state index in [2.05, 4.69) is 12.6 Å². The van der Waals surface area contributed by atoms with E-state index in [-0.39, 0.29) is 0 Å². The van der Waals surface area contributed by atoms with Crippen LogP contribution in [0.1, 0.15) is 38.5 Å². The van der Waals surface area contributed by atoms with E-state index in [1.54, 1.807) is 0 Å². The Hall–Kier alpha value is 0.350. The molecule has 9 heavy (non-hydrogen) atoms. The molecule has 2 saturated carbocycles. The van der Waals surface area contributed by atoms with Crippen LogP contribution in [-0.4, -0.2) is 5.25 Å². The van der Waals surface area contributed by atoms with Crippen molar-refractivity contribution in [2.75, 3.05) is 0 Å². The van der Waals surface area contributed by atoms with E-state index in [1.165, 1.54) is 38.5 Å². The first kappa shape index (κ1) is 6.09. The highest BCUT2D eigenvalue weighted by Gasteiger charge is 2.45. The molecule has 0 nitrogen and oxygen atoms in total. The van der Waals surface area contributed by atoms with Crippen molar-refractivity contribution in [3.05, 3.63) is 0 Å². The molecule has 0 aromatic heterocycles. The molecular weight excluding hydrogens is 128 g/mol. The van der Waals surface area contributed by atoms with Gasteiger partial charge in [-0.2, -0.15) is 12.6 Å². The average Bonchev–Trinajstić information content (AvgIpc) is 2.07. The van der Waals surface area contributed by atoms with Crippen LogP contribution >= 0.6 is 12.6 Å². The van der Waals surface area contributed by atoms with Gasteiger partial charge in [-0.1, -0.05) is 12.8 Å². The number of rotatable bonds is 0. The minimum atomic E-state index is 0.739. The van der Waals surface area contributed by atoms with Gasteiger partial charge in [0.2, 0.25) is 0 Å². The van der Waals surface area contributed by atoms with Crippen LogP contribution in [0.3, 0.4) is 0 Å². The fourth-order valence-corrected chi connectivity index (χ4v) is 2.90. The number of hydrogen-bond acceptors (Lipinski definition) is 1.